The van der Waals surface area contributed by atoms with Crippen LogP contribution in [-0.2, 0) is 16.5 Å². The summed E-state index contributed by atoms with van der Waals surface area (Å²) >= 11 is 3.56. The topological polar surface area (TPSA) is 20.2 Å². The van der Waals surface area contributed by atoms with Crippen molar-refractivity contribution in [1.82, 2.24) is 0 Å². The Hall–Kier alpha value is -1.40. The van der Waals surface area contributed by atoms with Gasteiger partial charge in [0.15, 0.2) is 4.22 Å². The molecule has 0 spiro atoms. The van der Waals surface area contributed by atoms with E-state index < -0.39 is 7.92 Å². The number of benzene rings is 3. The van der Waals surface area contributed by atoms with Crippen LogP contribution in [0.5, 0.6) is 0 Å². The molecule has 0 fully saturated rings. The van der Waals surface area contributed by atoms with Crippen molar-refractivity contribution < 1.29 is 21.6 Å². The van der Waals surface area contributed by atoms with Crippen molar-refractivity contribution in [3.05, 3.63) is 107 Å². The Morgan fingerprint density at radius 1 is 0.800 bits per heavy atom. The molecule has 0 saturated carbocycles. The maximum Gasteiger partial charge on any atom is 0.180 e. The third-order valence-corrected chi connectivity index (χ3v) is 7.65. The number of aliphatic hydroxyl groups is 1. The summed E-state index contributed by atoms with van der Waals surface area (Å²) in [6.45, 7) is 1.72. The van der Waals surface area contributed by atoms with E-state index >= 15 is 0 Å². The van der Waals surface area contributed by atoms with Gasteiger partial charge in [0.2, 0.25) is 0 Å². The number of hydrogen-bond acceptors (Lipinski definition) is 1. The van der Waals surface area contributed by atoms with Crippen LogP contribution in [0.15, 0.2) is 101 Å². The number of allylic oxidation sites excluding steroid dienone is 1. The molecule has 0 aliphatic carbocycles. The molecule has 0 aliphatic rings. The van der Waals surface area contributed by atoms with Crippen molar-refractivity contribution in [3.63, 3.8) is 0 Å². The molecule has 0 radical (unpaired) electrons. The predicted molar refractivity (Wildman–Crippen MR) is 110 cm³/mol. The van der Waals surface area contributed by atoms with Crippen LogP contribution in [0.2, 0.25) is 0 Å². The Balaban J connectivity index is 0.000000379. The molecule has 3 aromatic rings. The fourth-order valence-corrected chi connectivity index (χ4v) is 5.78. The smallest absolute Gasteiger partial charge is 0.180 e. The zero-order valence-electron chi connectivity index (χ0n) is 13.8. The first-order valence-electron chi connectivity index (χ1n) is 7.64. The van der Waals surface area contributed by atoms with Crippen LogP contribution < -0.4 is 10.6 Å². The van der Waals surface area contributed by atoms with E-state index in [2.05, 4.69) is 46.3 Å². The standard InChI is InChI=1S/C15H14BrOP.C6H5.Ni/c1-12(17)15(16)18(13-8-4-2-5-9-13)14-10-6-3-7-11-14;1-2-4-6-5-3-1;/h2-11,17H,1H3;1-5H;/q;-1;/p+1/b15-12-;;. The van der Waals surface area contributed by atoms with E-state index in [0.29, 0.717) is 5.76 Å². The second-order valence-electron chi connectivity index (χ2n) is 5.08. The Kier molecular flexibility index (Phi) is 10.4. The molecule has 0 atom stereocenters. The summed E-state index contributed by atoms with van der Waals surface area (Å²) in [5.74, 6) is 0.358. The van der Waals surface area contributed by atoms with Gasteiger partial charge in [-0.2, -0.15) is 36.4 Å². The molecular formula is C21H20BrNiOP. The van der Waals surface area contributed by atoms with Gasteiger partial charge in [-0.05, 0) is 47.1 Å². The van der Waals surface area contributed by atoms with Gasteiger partial charge in [-0.3, -0.25) is 0 Å². The van der Waals surface area contributed by atoms with Crippen molar-refractivity contribution in [2.75, 3.05) is 0 Å². The Morgan fingerprint density at radius 2 is 1.20 bits per heavy atom. The van der Waals surface area contributed by atoms with Gasteiger partial charge in [-0.1, -0.05) is 36.4 Å². The third-order valence-electron chi connectivity index (χ3n) is 3.27. The van der Waals surface area contributed by atoms with E-state index in [9.17, 15) is 5.11 Å². The molecule has 0 unspecified atom stereocenters. The minimum Gasteiger partial charge on any atom is -0.508 e. The monoisotopic (exact) mass is 456 g/mol. The molecule has 4 heteroatoms. The first-order valence-corrected chi connectivity index (χ1v) is 9.94. The SMILES string of the molecule is C/C(O)=C(\Br)[PH+](c1ccccc1)c1ccccc1.[Ni].[c-]1ccccc1. The average Bonchev–Trinajstić information content (AvgIpc) is 2.65. The van der Waals surface area contributed by atoms with Crippen LogP contribution in [0.4, 0.5) is 0 Å². The van der Waals surface area contributed by atoms with E-state index in [1.165, 1.54) is 10.6 Å². The van der Waals surface area contributed by atoms with E-state index in [4.69, 9.17) is 0 Å². The van der Waals surface area contributed by atoms with E-state index in [0.717, 1.165) is 4.22 Å². The Morgan fingerprint density at radius 3 is 1.48 bits per heavy atom. The number of hydrogen-bond donors (Lipinski definition) is 1. The van der Waals surface area contributed by atoms with E-state index in [1.54, 1.807) is 6.92 Å². The van der Waals surface area contributed by atoms with Gasteiger partial charge in [0.05, 0.1) is 0 Å². The Bertz CT molecular complexity index is 678. The zero-order valence-corrected chi connectivity index (χ0v) is 17.4. The van der Waals surface area contributed by atoms with E-state index in [-0.39, 0.29) is 16.5 Å². The number of rotatable bonds is 3. The van der Waals surface area contributed by atoms with Gasteiger partial charge in [0.1, 0.15) is 24.3 Å². The molecule has 0 amide bonds. The quantitative estimate of drug-likeness (QED) is 0.239. The van der Waals surface area contributed by atoms with Gasteiger partial charge < -0.3 is 5.11 Å². The second kappa shape index (κ2) is 12.0. The molecule has 0 saturated heterocycles. The van der Waals surface area contributed by atoms with Crippen molar-refractivity contribution in [1.29, 1.82) is 0 Å². The largest absolute Gasteiger partial charge is 0.508 e. The first-order chi connectivity index (χ1) is 11.7. The molecule has 25 heavy (non-hydrogen) atoms. The normalized spacial score (nSPS) is 10.8. The van der Waals surface area contributed by atoms with Gasteiger partial charge in [-0.15, -0.1) is 0 Å². The maximum atomic E-state index is 9.77. The van der Waals surface area contributed by atoms with Crippen LogP contribution >= 0.6 is 23.9 Å². The predicted octanol–water partition coefficient (Wildman–Crippen LogP) is 5.48. The average molecular weight is 458 g/mol. The molecule has 0 aliphatic heterocycles. The fourth-order valence-electron chi connectivity index (χ4n) is 2.15. The fraction of sp³-hybridized carbons (Fsp3) is 0.0476. The summed E-state index contributed by atoms with van der Waals surface area (Å²) in [5, 5.41) is 12.3. The van der Waals surface area contributed by atoms with Gasteiger partial charge in [-0.25, -0.2) is 0 Å². The van der Waals surface area contributed by atoms with Crippen molar-refractivity contribution in [2.45, 2.75) is 6.92 Å². The molecule has 3 aromatic carbocycles. The third kappa shape index (κ3) is 7.16. The second-order valence-corrected chi connectivity index (χ2v) is 9.01. The summed E-state index contributed by atoms with van der Waals surface area (Å²) in [7, 11) is -1.13. The van der Waals surface area contributed by atoms with Crippen LogP contribution in [0, 0.1) is 6.07 Å². The maximum absolute atomic E-state index is 9.77. The summed E-state index contributed by atoms with van der Waals surface area (Å²) in [6.07, 6.45) is 0. The van der Waals surface area contributed by atoms with Crippen molar-refractivity contribution >= 4 is 34.5 Å². The molecule has 3 rings (SSSR count). The summed E-state index contributed by atoms with van der Waals surface area (Å²) in [4.78, 5) is 0. The molecule has 0 aromatic heterocycles. The van der Waals surface area contributed by atoms with Gasteiger partial charge in [0, 0.05) is 16.5 Å². The summed E-state index contributed by atoms with van der Waals surface area (Å²) in [5.41, 5.74) is 0. The zero-order chi connectivity index (χ0) is 17.2. The Labute approximate surface area is 169 Å². The van der Waals surface area contributed by atoms with Crippen LogP contribution in [0.25, 0.3) is 0 Å². The van der Waals surface area contributed by atoms with E-state index in [1.807, 2.05) is 66.7 Å². The minimum absolute atomic E-state index is 0. The molecule has 132 valence electrons. The summed E-state index contributed by atoms with van der Waals surface area (Å²) < 4.78 is 0.907. The minimum atomic E-state index is -1.13. The molecule has 0 heterocycles. The van der Waals surface area contributed by atoms with Crippen molar-refractivity contribution in [3.8, 4) is 0 Å². The molecular weight excluding hydrogens is 438 g/mol. The summed E-state index contributed by atoms with van der Waals surface area (Å²) in [6, 6.07) is 33.1. The molecule has 0 bridgehead atoms. The number of aliphatic hydroxyl groups excluding tert-OH is 1. The van der Waals surface area contributed by atoms with Gasteiger partial charge in [0.25, 0.3) is 0 Å². The van der Waals surface area contributed by atoms with Gasteiger partial charge >= 0.3 is 0 Å². The van der Waals surface area contributed by atoms with Crippen LogP contribution in [0.3, 0.4) is 0 Å². The molecule has 1 N–H and O–H groups in total. The number of halogens is 1. The van der Waals surface area contributed by atoms with Crippen LogP contribution in [0.1, 0.15) is 6.92 Å². The first kappa shape index (κ1) is 21.6. The molecule has 1 nitrogen and oxygen atoms in total. The van der Waals surface area contributed by atoms with Crippen molar-refractivity contribution in [2.24, 2.45) is 0 Å². The van der Waals surface area contributed by atoms with Crippen LogP contribution in [-0.4, -0.2) is 5.11 Å².